The normalized spacial score (nSPS) is 12.4. The van der Waals surface area contributed by atoms with Gasteiger partial charge in [0.1, 0.15) is 15.2 Å². The third-order valence-electron chi connectivity index (χ3n) is 23.1. The number of nitrogens with one attached hydrogen (secondary N) is 2. The third-order valence-corrected chi connectivity index (χ3v) is 45.0. The van der Waals surface area contributed by atoms with Gasteiger partial charge in [-0.2, -0.15) is 48.1 Å². The van der Waals surface area contributed by atoms with Crippen LogP contribution in [0.5, 0.6) is 11.5 Å². The summed E-state index contributed by atoms with van der Waals surface area (Å²) in [6.07, 6.45) is 19.2. The maximum absolute atomic E-state index is 13.5. The molecule has 42 heteroatoms. The Morgan fingerprint density at radius 3 is 1.12 bits per heavy atom. The van der Waals surface area contributed by atoms with E-state index in [1.807, 2.05) is 55.6 Å². The van der Waals surface area contributed by atoms with Crippen molar-refractivity contribution in [2.45, 2.75) is 249 Å². The number of methoxy groups -OCH3 is 2. The Labute approximate surface area is 902 Å². The zero-order valence-electron chi connectivity index (χ0n) is 85.5. The molecule has 0 spiro atoms. The van der Waals surface area contributed by atoms with Crippen LogP contribution in [0.2, 0.25) is 13.3 Å². The molecule has 8 aromatic heterocycles. The third kappa shape index (κ3) is 39.7. The van der Waals surface area contributed by atoms with Gasteiger partial charge in [-0.25, -0.2) is 49.9 Å². The van der Waals surface area contributed by atoms with E-state index in [2.05, 4.69) is 206 Å². The number of hydrogen-bond acceptors (Lipinski definition) is 17. The number of alkyl halides is 10. The standard InChI is InChI=1S/C28H29F3N4O3S.C22H20BrF3N2O3S.C20H21F3N4O2S.C6H9IN2.C6H9N2.C4H8O.3C4H9.C3H7Br.C3H3IN2.Sn/c1-19(2)35-17-27(33-18-35)26-14-25(39(36,37)34(3)16-20-5-10-24(38-4)11-6-20)12-7-21(26)13-23-9-8-22(15-32-23)28(29,30)31;1-28(14-15-3-8-19(31-2)9-4-15)32(29,30)20-10-5-16(21(23)12-20)11-18-7-6-17(13-27-18)22(24,25)26;1-13(2)27-11-19(26-12-27)18-9-17(30(28,29)24-3)7-4-14(18)8-16-6-5-15(10-25-16)20(21,22)23;1-5(2)9-3-6(7)8-4-9;1-6(2)8-4-3-7-5-8;1-2-4-5-3-1;3*1-3-4-2;1-3(2)4;4-3-1-5-2-6-3;/h5-12,14-15,17-19H,13,16H2,1-4H3;3-10,12-13H,11,14H2,1-2H3;4-7,9-13,24H,8H2,1-3H3;3-5H,1-2H3;4-6H,1-2H3;1-4H2;3*1,3-4H2,2H3;3H,1-2H3;1-2H,(H,5,6);. The second kappa shape index (κ2) is 59.3. The molecule has 2 N–H and O–H groups in total. The Bertz CT molecular complexity index is 6430. The van der Waals surface area contributed by atoms with Crippen LogP contribution < -0.4 is 17.9 Å². The molecule has 13 aromatic rings. The molecule has 0 atom stereocenters. The second-order valence-corrected chi connectivity index (χ2v) is 59.9. The van der Waals surface area contributed by atoms with Crippen LogP contribution in [0, 0.1) is 7.40 Å². The van der Waals surface area contributed by atoms with Gasteiger partial charge in [0.05, 0.1) is 92.2 Å². The van der Waals surface area contributed by atoms with Gasteiger partial charge >= 0.3 is 155 Å². The minimum absolute atomic E-state index is 0.0724. The van der Waals surface area contributed by atoms with Crippen LogP contribution in [-0.2, 0) is 85.7 Å². The molecule has 1 aliphatic rings. The van der Waals surface area contributed by atoms with Crippen molar-refractivity contribution in [2.75, 3.05) is 48.6 Å². The van der Waals surface area contributed by atoms with E-state index >= 15 is 0 Å². The minimum Gasteiger partial charge on any atom is -0.497 e. The molecule has 1 saturated heterocycles. The van der Waals surface area contributed by atoms with E-state index in [-0.39, 0.29) is 59.1 Å². The van der Waals surface area contributed by atoms with Gasteiger partial charge in [0.2, 0.25) is 30.1 Å². The van der Waals surface area contributed by atoms with Gasteiger partial charge in [0, 0.05) is 152 Å². The summed E-state index contributed by atoms with van der Waals surface area (Å²) >= 11 is 8.73. The molecular weight excluding hydrogens is 2420 g/mol. The predicted octanol–water partition coefficient (Wildman–Crippen LogP) is 26.5. The molecule has 146 heavy (non-hydrogen) atoms. The number of sulfonamides is 3. The number of rotatable bonds is 34. The summed E-state index contributed by atoms with van der Waals surface area (Å²) in [5.41, 5.74) is 4.77. The quantitative estimate of drug-likeness (QED) is 0.0164. The number of H-pyrrole nitrogens is 1. The Hall–Kier alpha value is -8.52. The number of pyridine rings is 3. The van der Waals surface area contributed by atoms with Crippen LogP contribution >= 0.6 is 77.0 Å². The van der Waals surface area contributed by atoms with Gasteiger partial charge in [0.25, 0.3) is 0 Å². The predicted molar refractivity (Wildman–Crippen MR) is 584 cm³/mol. The van der Waals surface area contributed by atoms with Crippen molar-refractivity contribution >= 4 is 129 Å². The number of benzene rings is 5. The summed E-state index contributed by atoms with van der Waals surface area (Å²) in [4.78, 5) is 37.2. The molecule has 25 nitrogen and oxygen atoms in total. The fraction of sp³-hybridized carbons (Fsp3) is 0.423. The van der Waals surface area contributed by atoms with Crippen molar-refractivity contribution in [3.63, 3.8) is 0 Å². The number of imidazole rings is 5. The molecule has 0 unspecified atom stereocenters. The first kappa shape index (κ1) is 124. The van der Waals surface area contributed by atoms with Crippen LogP contribution in [0.3, 0.4) is 0 Å². The Morgan fingerprint density at radius 1 is 0.473 bits per heavy atom. The fourth-order valence-corrected chi connectivity index (χ4v) is 34.3. The number of halogens is 13. The van der Waals surface area contributed by atoms with Gasteiger partial charge < -0.3 is 32.9 Å². The smallest absolute Gasteiger partial charge is 0.417 e. The first-order valence-corrected chi connectivity index (χ1v) is 63.4. The summed E-state index contributed by atoms with van der Waals surface area (Å²) < 4.78 is 230. The van der Waals surface area contributed by atoms with E-state index in [0.717, 1.165) is 68.5 Å². The second-order valence-electron chi connectivity index (χ2n) is 35.9. The van der Waals surface area contributed by atoms with E-state index in [0.29, 0.717) is 89.2 Å². The average molecular weight is 2550 g/mol. The summed E-state index contributed by atoms with van der Waals surface area (Å²) in [6, 6.07) is 36.4. The summed E-state index contributed by atoms with van der Waals surface area (Å²) in [5.74, 6) is 1.36. The van der Waals surface area contributed by atoms with Gasteiger partial charge in [-0.1, -0.05) is 88.2 Å². The number of aromatic amines is 1. The van der Waals surface area contributed by atoms with E-state index in [4.69, 9.17) is 19.2 Å². The van der Waals surface area contributed by atoms with Crippen molar-refractivity contribution in [3.05, 3.63) is 294 Å². The molecule has 9 heterocycles. The molecule has 0 aliphatic carbocycles. The molecule has 0 radical (unpaired) electrons. The van der Waals surface area contributed by atoms with Crippen LogP contribution in [-0.4, -0.2) is 169 Å². The number of nitrogens with zero attached hydrogens (tertiary/aromatic N) is 14. The summed E-state index contributed by atoms with van der Waals surface area (Å²) in [6.45, 7) is 30.3. The molecule has 1 aliphatic heterocycles. The van der Waals surface area contributed by atoms with Crippen LogP contribution in [0.25, 0.3) is 22.5 Å². The molecule has 5 aromatic carbocycles. The minimum atomic E-state index is -4.48. The largest absolute Gasteiger partial charge is 0.497 e. The molecule has 14 rings (SSSR count). The maximum atomic E-state index is 13.5. The molecule has 0 saturated carbocycles. The Kier molecular flexibility index (Phi) is 50.5. The molecule has 0 bridgehead atoms. The van der Waals surface area contributed by atoms with Crippen molar-refractivity contribution in [3.8, 4) is 34.0 Å². The summed E-state index contributed by atoms with van der Waals surface area (Å²) in [7, 11) is -3.87. The zero-order chi connectivity index (χ0) is 108. The van der Waals surface area contributed by atoms with Crippen molar-refractivity contribution in [1.29, 1.82) is 0 Å². The summed E-state index contributed by atoms with van der Waals surface area (Å²) in [5, 5.41) is 0. The van der Waals surface area contributed by atoms with E-state index in [1.165, 1.54) is 143 Å². The van der Waals surface area contributed by atoms with Crippen molar-refractivity contribution < 1.29 is 79.0 Å². The molecule has 796 valence electrons. The SMILES string of the molecule is C1CCOC1.CC(C)Br.CC(C)n1cnc(I)c1.CCC[CH2][Sn]([CH2]CCC)([CH2]CCC)[c]1cn(C(C)C)cn1.CNS(=O)(=O)c1ccc(Cc2ccc(C(F)(F)F)cn2)c(-c2cn(C(C)C)cn2)c1.COc1ccc(CN(C)S(=O)(=O)c2ccc(Cc3ccc(C(F)(F)F)cn3)c(-c3cn(C(C)C)cn3)c2)cc1.COc1ccc(CN(C)S(=O)(=O)c2ccc(Cc3ccc(C(F)(F)F)cn3)c(Br)c2)cc1.Ic1cnc[nH]1. The molecular formula is C104H133Br2F9I2N16O9S3Sn. The van der Waals surface area contributed by atoms with Crippen LogP contribution in [0.4, 0.5) is 39.5 Å². The average Bonchev–Trinajstić information content (AvgIpc) is 0.901. The zero-order valence-corrected chi connectivity index (χ0v) is 98.3. The number of unbranched alkanes of at least 4 members (excludes halogenated alkanes) is 3. The molecule has 0 amide bonds. The number of ether oxygens (including phenoxy) is 3. The maximum Gasteiger partial charge on any atom is 0.417 e. The first-order valence-electron chi connectivity index (χ1n) is 47.7. The monoisotopic (exact) mass is 2550 g/mol. The van der Waals surface area contributed by atoms with Crippen LogP contribution in [0.1, 0.15) is 227 Å². The Balaban J connectivity index is 0.000000247. The van der Waals surface area contributed by atoms with Crippen molar-refractivity contribution in [2.24, 2.45) is 0 Å². The van der Waals surface area contributed by atoms with Gasteiger partial charge in [0.15, 0.2) is 0 Å². The van der Waals surface area contributed by atoms with Gasteiger partial charge in [-0.15, -0.1) is 0 Å². The topological polar surface area (TPSA) is 287 Å². The van der Waals surface area contributed by atoms with E-state index in [1.54, 1.807) is 122 Å². The fourth-order valence-electron chi connectivity index (χ4n) is 14.4. The first-order chi connectivity index (χ1) is 68.8. The van der Waals surface area contributed by atoms with Crippen molar-refractivity contribution in [1.82, 2.24) is 76.5 Å². The van der Waals surface area contributed by atoms with E-state index in [9.17, 15) is 64.8 Å². The van der Waals surface area contributed by atoms with Gasteiger partial charge in [-0.05, 0) is 231 Å². The van der Waals surface area contributed by atoms with E-state index < -0.39 is 83.7 Å². The molecule has 1 fully saturated rings. The van der Waals surface area contributed by atoms with Gasteiger partial charge in [-0.3, -0.25) is 15.0 Å². The number of aromatic nitrogens is 13. The number of hydrogen-bond donors (Lipinski definition) is 2. The van der Waals surface area contributed by atoms with Crippen LogP contribution in [0.15, 0.2) is 240 Å². The Morgan fingerprint density at radius 2 is 0.829 bits per heavy atom.